The summed E-state index contributed by atoms with van der Waals surface area (Å²) in [6, 6.07) is 3.87. The van der Waals surface area contributed by atoms with Crippen LogP contribution in [0.2, 0.25) is 5.02 Å². The fourth-order valence-electron chi connectivity index (χ4n) is 4.40. The lowest BCUT2D eigenvalue weighted by molar-refractivity contribution is 0.555. The van der Waals surface area contributed by atoms with Gasteiger partial charge in [-0.15, -0.1) is 10.2 Å². The summed E-state index contributed by atoms with van der Waals surface area (Å²) in [7, 11) is 1.72. The molecule has 0 bridgehead atoms. The highest BCUT2D eigenvalue weighted by molar-refractivity contribution is 6.31. The smallest absolute Gasteiger partial charge is 0.254 e. The molecule has 0 fully saturated rings. The van der Waals surface area contributed by atoms with Crippen molar-refractivity contribution in [3.05, 3.63) is 63.6 Å². The Balaban J connectivity index is 1.47. The highest BCUT2D eigenvalue weighted by Gasteiger charge is 2.34. The number of tetrazole rings is 2. The minimum atomic E-state index is -0.716. The number of aryl methyl sites for hydroxylation is 1. The van der Waals surface area contributed by atoms with Crippen LogP contribution in [0.1, 0.15) is 37.0 Å². The first-order valence-corrected chi connectivity index (χ1v) is 10.9. The lowest BCUT2D eigenvalue weighted by Gasteiger charge is -2.15. The number of imidazole rings is 1. The molecule has 6 rings (SSSR count). The average molecular weight is 495 g/mol. The van der Waals surface area contributed by atoms with Gasteiger partial charge in [-0.05, 0) is 39.4 Å². The van der Waals surface area contributed by atoms with Crippen molar-refractivity contribution in [2.45, 2.75) is 25.3 Å². The molecule has 5 heterocycles. The van der Waals surface area contributed by atoms with Gasteiger partial charge in [-0.3, -0.25) is 9.36 Å². The molecule has 4 aromatic heterocycles. The maximum Gasteiger partial charge on any atom is 0.254 e. The third-order valence-electron chi connectivity index (χ3n) is 6.01. The van der Waals surface area contributed by atoms with Gasteiger partial charge in [0.1, 0.15) is 23.7 Å². The molecule has 1 N–H and O–H groups in total. The largest absolute Gasteiger partial charge is 0.338 e. The lowest BCUT2D eigenvalue weighted by Crippen LogP contribution is -2.25. The zero-order valence-corrected chi connectivity index (χ0v) is 19.1. The first kappa shape index (κ1) is 21.2. The van der Waals surface area contributed by atoms with Gasteiger partial charge in [-0.25, -0.2) is 19.0 Å². The maximum atomic E-state index is 15.2. The molecule has 2 atom stereocenters. The number of halogens is 2. The van der Waals surface area contributed by atoms with E-state index >= 15 is 4.39 Å². The van der Waals surface area contributed by atoms with E-state index in [1.165, 1.54) is 27.8 Å². The van der Waals surface area contributed by atoms with Crippen molar-refractivity contribution < 1.29 is 4.39 Å². The first-order chi connectivity index (χ1) is 16.9. The molecule has 176 valence electrons. The number of hydrogen-bond acceptors (Lipinski definition) is 9. The van der Waals surface area contributed by atoms with Crippen LogP contribution in [-0.2, 0) is 7.05 Å². The second-order valence-electron chi connectivity index (χ2n) is 8.18. The fraction of sp³-hybridized carbons (Fsp3) is 0.250. The van der Waals surface area contributed by atoms with E-state index in [1.807, 2.05) is 6.92 Å². The zero-order chi connectivity index (χ0) is 24.3. The molecule has 1 aliphatic rings. The van der Waals surface area contributed by atoms with E-state index < -0.39 is 5.82 Å². The molecule has 15 heteroatoms. The molecule has 13 nitrogen and oxygen atoms in total. The number of H-pyrrole nitrogens is 1. The van der Waals surface area contributed by atoms with Crippen LogP contribution in [-0.4, -0.2) is 59.9 Å². The van der Waals surface area contributed by atoms with Gasteiger partial charge in [-0.2, -0.15) is 4.68 Å². The van der Waals surface area contributed by atoms with Crippen LogP contribution in [0.5, 0.6) is 0 Å². The second kappa shape index (κ2) is 7.87. The van der Waals surface area contributed by atoms with Crippen molar-refractivity contribution in [3.8, 4) is 28.5 Å². The molecular formula is C20H16ClFN12O. The molecule has 0 unspecified atom stereocenters. The Morgan fingerprint density at radius 2 is 2.09 bits per heavy atom. The minimum absolute atomic E-state index is 0.0380. The van der Waals surface area contributed by atoms with E-state index in [-0.39, 0.29) is 33.8 Å². The lowest BCUT2D eigenvalue weighted by atomic mass is 10.1. The molecule has 1 aliphatic heterocycles. The van der Waals surface area contributed by atoms with E-state index in [0.29, 0.717) is 35.3 Å². The SMILES string of the molecule is C[C@@H]1C[C@H](c2ncc(-c3nnnn3C)[nH]2)n2c1nc(-c1c(-n3cnnn3)ccc(Cl)c1F)cc2=O. The number of fused-ring (bicyclic) bond motifs is 1. The Morgan fingerprint density at radius 1 is 1.23 bits per heavy atom. The van der Waals surface area contributed by atoms with Crippen LogP contribution in [0, 0.1) is 5.82 Å². The van der Waals surface area contributed by atoms with Crippen LogP contribution < -0.4 is 5.56 Å². The van der Waals surface area contributed by atoms with Gasteiger partial charge in [-0.1, -0.05) is 18.5 Å². The van der Waals surface area contributed by atoms with Crippen molar-refractivity contribution in [3.63, 3.8) is 0 Å². The van der Waals surface area contributed by atoms with E-state index in [1.54, 1.807) is 23.9 Å². The molecule has 0 radical (unpaired) electrons. The van der Waals surface area contributed by atoms with Gasteiger partial charge in [0.05, 0.1) is 34.2 Å². The Morgan fingerprint density at radius 3 is 2.83 bits per heavy atom. The van der Waals surface area contributed by atoms with Gasteiger partial charge in [0.15, 0.2) is 11.6 Å². The van der Waals surface area contributed by atoms with E-state index in [2.05, 4.69) is 46.0 Å². The van der Waals surface area contributed by atoms with Gasteiger partial charge in [0.25, 0.3) is 5.56 Å². The summed E-state index contributed by atoms with van der Waals surface area (Å²) in [4.78, 5) is 25.7. The predicted molar refractivity (Wildman–Crippen MR) is 119 cm³/mol. The van der Waals surface area contributed by atoms with Crippen molar-refractivity contribution in [2.24, 2.45) is 7.05 Å². The topological polar surface area (TPSA) is 151 Å². The molecule has 35 heavy (non-hydrogen) atoms. The Hall–Kier alpha value is -4.33. The summed E-state index contributed by atoms with van der Waals surface area (Å²) in [6.45, 7) is 1.95. The molecule has 0 saturated heterocycles. The molecule has 5 aromatic rings. The maximum absolute atomic E-state index is 15.2. The minimum Gasteiger partial charge on any atom is -0.338 e. The summed E-state index contributed by atoms with van der Waals surface area (Å²) in [5.41, 5.74) is 0.766. The summed E-state index contributed by atoms with van der Waals surface area (Å²) < 4.78 is 19.6. The van der Waals surface area contributed by atoms with Crippen LogP contribution in [0.3, 0.4) is 0 Å². The number of hydrogen-bond donors (Lipinski definition) is 1. The second-order valence-corrected chi connectivity index (χ2v) is 8.59. The van der Waals surface area contributed by atoms with Gasteiger partial charge in [0, 0.05) is 19.0 Å². The normalized spacial score (nSPS) is 17.1. The van der Waals surface area contributed by atoms with E-state index in [0.717, 1.165) is 0 Å². The van der Waals surface area contributed by atoms with Crippen LogP contribution in [0.25, 0.3) is 28.5 Å². The molecule has 0 amide bonds. The molecule has 0 spiro atoms. The molecule has 0 saturated carbocycles. The summed E-state index contributed by atoms with van der Waals surface area (Å²) in [6.07, 6.45) is 3.52. The monoisotopic (exact) mass is 494 g/mol. The van der Waals surface area contributed by atoms with E-state index in [4.69, 9.17) is 11.6 Å². The number of rotatable bonds is 4. The van der Waals surface area contributed by atoms with Crippen molar-refractivity contribution in [1.29, 1.82) is 0 Å². The quantitative estimate of drug-likeness (QED) is 0.393. The van der Waals surface area contributed by atoms with Crippen LogP contribution >= 0.6 is 11.6 Å². The number of nitrogens with one attached hydrogen (secondary N) is 1. The van der Waals surface area contributed by atoms with E-state index in [9.17, 15) is 4.79 Å². The number of nitrogens with zero attached hydrogens (tertiary/aromatic N) is 11. The van der Waals surface area contributed by atoms with Crippen molar-refractivity contribution in [1.82, 2.24) is 59.9 Å². The standard InChI is InChI=1S/C20H16ClFN12O/c1-9-5-14(18-23-7-12(25-18)20-27-29-30-32(20)2)34-15(35)6-11(26-19(9)34)16-13(33-8-24-28-31-33)4-3-10(21)17(16)22/h3-4,6-9,14H,5H2,1-2H3,(H,23,25)/t9-,14-/m1/s1. The first-order valence-electron chi connectivity index (χ1n) is 10.5. The number of aromatic amines is 1. The Bertz CT molecular complexity index is 1620. The third kappa shape index (κ3) is 3.32. The van der Waals surface area contributed by atoms with Gasteiger partial charge >= 0.3 is 0 Å². The van der Waals surface area contributed by atoms with Crippen LogP contribution in [0.15, 0.2) is 35.5 Å². The zero-order valence-electron chi connectivity index (χ0n) is 18.3. The summed E-state index contributed by atoms with van der Waals surface area (Å²) >= 11 is 6.07. The molecule has 1 aromatic carbocycles. The fourth-order valence-corrected chi connectivity index (χ4v) is 4.56. The predicted octanol–water partition coefficient (Wildman–Crippen LogP) is 1.69. The highest BCUT2D eigenvalue weighted by atomic mass is 35.5. The molecular weight excluding hydrogens is 479 g/mol. The Labute approximate surface area is 200 Å². The highest BCUT2D eigenvalue weighted by Crippen LogP contribution is 2.39. The molecule has 0 aliphatic carbocycles. The van der Waals surface area contributed by atoms with Crippen LogP contribution in [0.4, 0.5) is 4.39 Å². The Kier molecular flexibility index (Phi) is 4.77. The van der Waals surface area contributed by atoms with Crippen molar-refractivity contribution >= 4 is 11.6 Å². The average Bonchev–Trinajstić information content (AvgIpc) is 3.63. The summed E-state index contributed by atoms with van der Waals surface area (Å²) in [5.74, 6) is 0.789. The number of benzene rings is 1. The number of aromatic nitrogens is 12. The summed E-state index contributed by atoms with van der Waals surface area (Å²) in [5, 5.41) is 22.4. The van der Waals surface area contributed by atoms with Gasteiger partial charge in [0.2, 0.25) is 0 Å². The van der Waals surface area contributed by atoms with Gasteiger partial charge < -0.3 is 4.98 Å². The van der Waals surface area contributed by atoms with Crippen molar-refractivity contribution in [2.75, 3.05) is 0 Å². The third-order valence-corrected chi connectivity index (χ3v) is 6.30.